The van der Waals surface area contributed by atoms with E-state index in [9.17, 15) is 0 Å². The molecule has 88 valence electrons. The fourth-order valence-corrected chi connectivity index (χ4v) is 1.70. The van der Waals surface area contributed by atoms with Crippen molar-refractivity contribution in [2.45, 2.75) is 72.4 Å². The van der Waals surface area contributed by atoms with Crippen molar-refractivity contribution in [2.24, 2.45) is 0 Å². The summed E-state index contributed by atoms with van der Waals surface area (Å²) >= 11 is 0. The zero-order chi connectivity index (χ0) is 11.5. The predicted octanol–water partition coefficient (Wildman–Crippen LogP) is 4.91. The lowest BCUT2D eigenvalue weighted by atomic mass is 9.59. The zero-order valence-electron chi connectivity index (χ0n) is 11.0. The number of unbranched alkanes of at least 4 members (excludes halogenated alkanes) is 2. The van der Waals surface area contributed by atoms with Crippen LogP contribution < -0.4 is 0 Å². The third-order valence-corrected chi connectivity index (χ3v) is 2.75. The van der Waals surface area contributed by atoms with E-state index in [0.29, 0.717) is 6.92 Å². The summed E-state index contributed by atoms with van der Waals surface area (Å²) in [6.45, 7) is 9.17. The maximum atomic E-state index is 6.01. The van der Waals surface area contributed by atoms with Crippen LogP contribution >= 0.6 is 0 Å². The third-order valence-electron chi connectivity index (χ3n) is 2.75. The van der Waals surface area contributed by atoms with Crippen LogP contribution in [0.1, 0.15) is 59.8 Å². The summed E-state index contributed by atoms with van der Waals surface area (Å²) in [5, 5.41) is 0. The first kappa shape index (κ1) is 14.6. The highest BCUT2D eigenvalue weighted by Gasteiger charge is 2.16. The first-order valence-corrected chi connectivity index (χ1v) is 6.60. The van der Waals surface area contributed by atoms with Crippen LogP contribution in [-0.2, 0) is 4.65 Å². The number of rotatable bonds is 9. The Bertz CT molecular complexity index is 158. The van der Waals surface area contributed by atoms with Gasteiger partial charge in [-0.3, -0.25) is 0 Å². The van der Waals surface area contributed by atoms with E-state index in [1.165, 1.54) is 38.3 Å². The second-order valence-electron chi connectivity index (χ2n) is 4.13. The average Bonchev–Trinajstić information content (AvgIpc) is 2.28. The molecule has 0 atom stereocenters. The molecule has 0 saturated heterocycles. The quantitative estimate of drug-likeness (QED) is 0.388. The molecule has 0 aliphatic heterocycles. The van der Waals surface area contributed by atoms with Crippen LogP contribution in [-0.4, -0.2) is 6.92 Å². The molecular formula is C13H27BO. The van der Waals surface area contributed by atoms with Gasteiger partial charge in [-0.2, -0.15) is 0 Å². The Morgan fingerprint density at radius 3 is 1.93 bits per heavy atom. The Morgan fingerprint density at radius 2 is 1.60 bits per heavy atom. The van der Waals surface area contributed by atoms with Crippen molar-refractivity contribution in [3.8, 4) is 0 Å². The minimum atomic E-state index is 0.455. The fourth-order valence-electron chi connectivity index (χ4n) is 1.70. The van der Waals surface area contributed by atoms with Gasteiger partial charge in [0.15, 0.2) is 0 Å². The van der Waals surface area contributed by atoms with E-state index in [-0.39, 0.29) is 0 Å². The molecule has 0 amide bonds. The molecule has 0 aromatic rings. The van der Waals surface area contributed by atoms with Gasteiger partial charge in [0, 0.05) is 0 Å². The van der Waals surface area contributed by atoms with Crippen molar-refractivity contribution in [3.63, 3.8) is 0 Å². The topological polar surface area (TPSA) is 9.23 Å². The van der Waals surface area contributed by atoms with Gasteiger partial charge >= 0.3 is 6.92 Å². The monoisotopic (exact) mass is 210 g/mol. The van der Waals surface area contributed by atoms with Gasteiger partial charge in [0.05, 0.1) is 5.76 Å². The van der Waals surface area contributed by atoms with E-state index in [2.05, 4.69) is 33.8 Å². The van der Waals surface area contributed by atoms with Crippen LogP contribution in [0, 0.1) is 0 Å². The number of allylic oxidation sites excluding steroid dienone is 2. The van der Waals surface area contributed by atoms with Crippen LogP contribution in [0.5, 0.6) is 0 Å². The van der Waals surface area contributed by atoms with Crippen LogP contribution in [0.25, 0.3) is 0 Å². The summed E-state index contributed by atoms with van der Waals surface area (Å²) in [5.41, 5.74) is 0. The predicted molar refractivity (Wildman–Crippen MR) is 70.3 cm³/mol. The molecule has 0 N–H and O–H groups in total. The molecule has 1 nitrogen and oxygen atoms in total. The second-order valence-corrected chi connectivity index (χ2v) is 4.13. The summed E-state index contributed by atoms with van der Waals surface area (Å²) in [4.78, 5) is 0. The summed E-state index contributed by atoms with van der Waals surface area (Å²) in [5.74, 6) is 1.16. The highest BCUT2D eigenvalue weighted by molar-refractivity contribution is 6.52. The highest BCUT2D eigenvalue weighted by Crippen LogP contribution is 2.15. The molecule has 0 heterocycles. The number of hydrogen-bond acceptors (Lipinski definition) is 1. The Kier molecular flexibility index (Phi) is 9.87. The summed E-state index contributed by atoms with van der Waals surface area (Å²) in [6, 6.07) is 0. The third kappa shape index (κ3) is 7.52. The van der Waals surface area contributed by atoms with E-state index in [1.54, 1.807) is 0 Å². The lowest BCUT2D eigenvalue weighted by molar-refractivity contribution is 0.407. The summed E-state index contributed by atoms with van der Waals surface area (Å²) in [7, 11) is 0. The van der Waals surface area contributed by atoms with Gasteiger partial charge in [-0.1, -0.05) is 52.5 Å². The Morgan fingerprint density at radius 1 is 1.07 bits per heavy atom. The lowest BCUT2D eigenvalue weighted by Crippen LogP contribution is -2.17. The molecule has 0 spiro atoms. The van der Waals surface area contributed by atoms with E-state index in [0.717, 1.165) is 12.2 Å². The van der Waals surface area contributed by atoms with Gasteiger partial charge in [0.1, 0.15) is 0 Å². The van der Waals surface area contributed by atoms with Crippen LogP contribution in [0.2, 0.25) is 12.6 Å². The summed E-state index contributed by atoms with van der Waals surface area (Å²) in [6.07, 6.45) is 10.7. The molecule has 0 radical (unpaired) electrons. The fraction of sp³-hybridized carbons (Fsp3) is 0.846. The van der Waals surface area contributed by atoms with Crippen molar-refractivity contribution < 1.29 is 4.65 Å². The van der Waals surface area contributed by atoms with Crippen molar-refractivity contribution in [1.29, 1.82) is 0 Å². The first-order chi connectivity index (χ1) is 7.28. The molecule has 0 aliphatic rings. The average molecular weight is 210 g/mol. The van der Waals surface area contributed by atoms with Crippen molar-refractivity contribution in [3.05, 3.63) is 11.8 Å². The maximum Gasteiger partial charge on any atom is 0.357 e. The molecule has 0 aliphatic carbocycles. The van der Waals surface area contributed by atoms with E-state index >= 15 is 0 Å². The minimum Gasteiger partial charge on any atom is -0.564 e. The minimum absolute atomic E-state index is 0.455. The smallest absolute Gasteiger partial charge is 0.357 e. The second kappa shape index (κ2) is 10.1. The van der Waals surface area contributed by atoms with E-state index in [1.807, 2.05) is 0 Å². The Labute approximate surface area is 96.4 Å². The molecule has 0 saturated carbocycles. The van der Waals surface area contributed by atoms with Gasteiger partial charge in [-0.25, -0.2) is 0 Å². The number of hydrogen-bond donors (Lipinski definition) is 0. The SMILES string of the molecule is C/C=C(\CC)OB(CCCC)CCCC. The van der Waals surface area contributed by atoms with Crippen LogP contribution in [0.15, 0.2) is 11.8 Å². The highest BCUT2D eigenvalue weighted by atomic mass is 16.4. The molecule has 15 heavy (non-hydrogen) atoms. The first-order valence-electron chi connectivity index (χ1n) is 6.60. The van der Waals surface area contributed by atoms with E-state index < -0.39 is 0 Å². The lowest BCUT2D eigenvalue weighted by Gasteiger charge is -2.17. The van der Waals surface area contributed by atoms with Gasteiger partial charge in [0.25, 0.3) is 0 Å². The zero-order valence-corrected chi connectivity index (χ0v) is 11.0. The van der Waals surface area contributed by atoms with Crippen molar-refractivity contribution >= 4 is 6.92 Å². The van der Waals surface area contributed by atoms with Crippen molar-refractivity contribution in [1.82, 2.24) is 0 Å². The molecule has 0 rings (SSSR count). The van der Waals surface area contributed by atoms with Gasteiger partial charge in [0.2, 0.25) is 0 Å². The Hall–Kier alpha value is -0.395. The normalized spacial score (nSPS) is 11.6. The Balaban J connectivity index is 3.97. The van der Waals surface area contributed by atoms with Crippen LogP contribution in [0.3, 0.4) is 0 Å². The molecular weight excluding hydrogens is 183 g/mol. The summed E-state index contributed by atoms with van der Waals surface area (Å²) < 4.78 is 6.01. The molecule has 0 aromatic carbocycles. The molecule has 0 aromatic heterocycles. The van der Waals surface area contributed by atoms with Gasteiger partial charge < -0.3 is 4.65 Å². The molecule has 2 heteroatoms. The van der Waals surface area contributed by atoms with Gasteiger partial charge in [-0.05, 0) is 26.0 Å². The van der Waals surface area contributed by atoms with Crippen LogP contribution in [0.4, 0.5) is 0 Å². The molecule has 0 bridgehead atoms. The maximum absolute atomic E-state index is 6.01. The largest absolute Gasteiger partial charge is 0.564 e. The van der Waals surface area contributed by atoms with E-state index in [4.69, 9.17) is 4.65 Å². The molecule has 0 fully saturated rings. The van der Waals surface area contributed by atoms with Gasteiger partial charge in [-0.15, -0.1) is 0 Å². The standard InChI is InChI=1S/C13H27BO/c1-5-9-11-14(12-10-6-2)15-13(7-3)8-4/h7H,5-6,8-12H2,1-4H3/b13-7+. The molecule has 0 unspecified atom stereocenters. The van der Waals surface area contributed by atoms with Crippen molar-refractivity contribution in [2.75, 3.05) is 0 Å².